The summed E-state index contributed by atoms with van der Waals surface area (Å²) >= 11 is 0. The summed E-state index contributed by atoms with van der Waals surface area (Å²) in [6, 6.07) is 0. The highest BCUT2D eigenvalue weighted by molar-refractivity contribution is 4.71. The van der Waals surface area contributed by atoms with E-state index in [0.29, 0.717) is 0 Å². The molecule has 0 unspecified atom stereocenters. The van der Waals surface area contributed by atoms with E-state index in [9.17, 15) is 0 Å². The lowest BCUT2D eigenvalue weighted by Gasteiger charge is -2.16. The van der Waals surface area contributed by atoms with Crippen LogP contribution in [0.25, 0.3) is 0 Å². The third-order valence-electron chi connectivity index (χ3n) is 3.04. The van der Waals surface area contributed by atoms with Crippen molar-refractivity contribution >= 4 is 0 Å². The minimum Gasteiger partial charge on any atom is -0.383 e. The first kappa shape index (κ1) is 14.9. The van der Waals surface area contributed by atoms with Crippen LogP contribution >= 0.6 is 0 Å². The van der Waals surface area contributed by atoms with Crippen LogP contribution in [-0.4, -0.2) is 65.1 Å². The largest absolute Gasteiger partial charge is 0.383 e. The van der Waals surface area contributed by atoms with Crippen LogP contribution in [0.2, 0.25) is 0 Å². The highest BCUT2D eigenvalue weighted by Crippen LogP contribution is 2.28. The number of methoxy groups -OCH3 is 1. The number of rotatable bonds is 12. The zero-order valence-corrected chi connectivity index (χ0v) is 11.4. The Hall–Kier alpha value is -0.160. The molecular formula is C13H28N2O2. The van der Waals surface area contributed by atoms with E-state index < -0.39 is 0 Å². The van der Waals surface area contributed by atoms with Crippen LogP contribution in [0.4, 0.5) is 0 Å². The Kier molecular flexibility index (Phi) is 8.61. The summed E-state index contributed by atoms with van der Waals surface area (Å²) < 4.78 is 10.6. The molecule has 0 atom stereocenters. The normalized spacial score (nSPS) is 15.7. The van der Waals surface area contributed by atoms with E-state index in [1.54, 1.807) is 7.11 Å². The minimum absolute atomic E-state index is 0.796. The quantitative estimate of drug-likeness (QED) is 0.519. The second kappa shape index (κ2) is 9.83. The summed E-state index contributed by atoms with van der Waals surface area (Å²) in [4.78, 5) is 2.34. The standard InChI is InChI=1S/C13H28N2O2/c1-15(8-3-6-14-7-10-16-2)9-11-17-12-13-4-5-13/h13-14H,3-12H2,1-2H3. The van der Waals surface area contributed by atoms with Crippen molar-refractivity contribution in [2.24, 2.45) is 5.92 Å². The van der Waals surface area contributed by atoms with Crippen LogP contribution in [-0.2, 0) is 9.47 Å². The Morgan fingerprint density at radius 1 is 1.18 bits per heavy atom. The van der Waals surface area contributed by atoms with Crippen molar-refractivity contribution in [3.63, 3.8) is 0 Å². The Bertz CT molecular complexity index is 175. The Morgan fingerprint density at radius 2 is 2.00 bits per heavy atom. The van der Waals surface area contributed by atoms with Gasteiger partial charge in [0.2, 0.25) is 0 Å². The molecule has 1 fully saturated rings. The zero-order valence-electron chi connectivity index (χ0n) is 11.4. The predicted octanol–water partition coefficient (Wildman–Crippen LogP) is 0.971. The maximum absolute atomic E-state index is 5.61. The van der Waals surface area contributed by atoms with Crippen molar-refractivity contribution in [2.75, 3.05) is 60.2 Å². The van der Waals surface area contributed by atoms with E-state index in [-0.39, 0.29) is 0 Å². The molecule has 1 aliphatic carbocycles. The summed E-state index contributed by atoms with van der Waals surface area (Å²) in [6.07, 6.45) is 3.94. The van der Waals surface area contributed by atoms with Crippen LogP contribution in [0.3, 0.4) is 0 Å². The Balaban J connectivity index is 1.75. The monoisotopic (exact) mass is 244 g/mol. The van der Waals surface area contributed by atoms with Gasteiger partial charge in [0, 0.05) is 26.8 Å². The fourth-order valence-corrected chi connectivity index (χ4v) is 1.64. The smallest absolute Gasteiger partial charge is 0.0593 e. The van der Waals surface area contributed by atoms with Gasteiger partial charge in [-0.1, -0.05) is 0 Å². The molecule has 0 aromatic rings. The summed E-state index contributed by atoms with van der Waals surface area (Å²) in [5, 5.41) is 3.35. The van der Waals surface area contributed by atoms with Crippen molar-refractivity contribution in [1.82, 2.24) is 10.2 Å². The van der Waals surface area contributed by atoms with Gasteiger partial charge in [-0.15, -0.1) is 0 Å². The fourth-order valence-electron chi connectivity index (χ4n) is 1.64. The molecule has 17 heavy (non-hydrogen) atoms. The highest BCUT2D eigenvalue weighted by atomic mass is 16.5. The maximum atomic E-state index is 5.61. The molecule has 0 aliphatic heterocycles. The van der Waals surface area contributed by atoms with Crippen LogP contribution < -0.4 is 5.32 Å². The van der Waals surface area contributed by atoms with Gasteiger partial charge in [-0.2, -0.15) is 0 Å². The SMILES string of the molecule is COCCNCCCN(C)CCOCC1CC1. The molecule has 1 aliphatic rings. The topological polar surface area (TPSA) is 33.7 Å². The lowest BCUT2D eigenvalue weighted by Crippen LogP contribution is -2.28. The second-order valence-corrected chi connectivity index (χ2v) is 4.92. The summed E-state index contributed by atoms with van der Waals surface area (Å²) in [5.41, 5.74) is 0. The van der Waals surface area contributed by atoms with Gasteiger partial charge in [-0.05, 0) is 45.3 Å². The number of hydrogen-bond donors (Lipinski definition) is 1. The van der Waals surface area contributed by atoms with Gasteiger partial charge in [0.25, 0.3) is 0 Å². The number of nitrogens with zero attached hydrogens (tertiary/aromatic N) is 1. The molecular weight excluding hydrogens is 216 g/mol. The third-order valence-corrected chi connectivity index (χ3v) is 3.04. The van der Waals surface area contributed by atoms with Gasteiger partial charge in [0.05, 0.1) is 13.2 Å². The lowest BCUT2D eigenvalue weighted by molar-refractivity contribution is 0.103. The van der Waals surface area contributed by atoms with Gasteiger partial charge < -0.3 is 19.7 Å². The van der Waals surface area contributed by atoms with Crippen molar-refractivity contribution in [3.8, 4) is 0 Å². The van der Waals surface area contributed by atoms with Crippen molar-refractivity contribution in [2.45, 2.75) is 19.3 Å². The molecule has 102 valence electrons. The second-order valence-electron chi connectivity index (χ2n) is 4.92. The molecule has 0 spiro atoms. The average Bonchev–Trinajstić information content (AvgIpc) is 3.13. The molecule has 0 aromatic heterocycles. The zero-order chi connectivity index (χ0) is 12.3. The van der Waals surface area contributed by atoms with Gasteiger partial charge in [0.15, 0.2) is 0 Å². The molecule has 0 saturated heterocycles. The fraction of sp³-hybridized carbons (Fsp3) is 1.00. The molecule has 1 N–H and O–H groups in total. The number of ether oxygens (including phenoxy) is 2. The Labute approximate surface area is 106 Å². The molecule has 0 bridgehead atoms. The van der Waals surface area contributed by atoms with Gasteiger partial charge in [0.1, 0.15) is 0 Å². The molecule has 0 heterocycles. The van der Waals surface area contributed by atoms with E-state index >= 15 is 0 Å². The van der Waals surface area contributed by atoms with E-state index in [1.165, 1.54) is 19.3 Å². The van der Waals surface area contributed by atoms with Gasteiger partial charge in [-0.25, -0.2) is 0 Å². The van der Waals surface area contributed by atoms with Crippen molar-refractivity contribution in [3.05, 3.63) is 0 Å². The minimum atomic E-state index is 0.796. The first-order chi connectivity index (χ1) is 8.33. The van der Waals surface area contributed by atoms with Crippen LogP contribution in [0.1, 0.15) is 19.3 Å². The Morgan fingerprint density at radius 3 is 2.71 bits per heavy atom. The van der Waals surface area contributed by atoms with Crippen LogP contribution in [0.5, 0.6) is 0 Å². The lowest BCUT2D eigenvalue weighted by atomic mass is 10.4. The van der Waals surface area contributed by atoms with Crippen LogP contribution in [0, 0.1) is 5.92 Å². The maximum Gasteiger partial charge on any atom is 0.0593 e. The summed E-state index contributed by atoms with van der Waals surface area (Å²) in [5.74, 6) is 0.880. The third kappa shape index (κ3) is 9.53. The summed E-state index contributed by atoms with van der Waals surface area (Å²) in [6.45, 7) is 6.85. The van der Waals surface area contributed by atoms with Gasteiger partial charge >= 0.3 is 0 Å². The highest BCUT2D eigenvalue weighted by Gasteiger charge is 2.20. The van der Waals surface area contributed by atoms with E-state index in [4.69, 9.17) is 9.47 Å². The average molecular weight is 244 g/mol. The van der Waals surface area contributed by atoms with E-state index in [0.717, 1.165) is 51.9 Å². The molecule has 4 heteroatoms. The molecule has 0 amide bonds. The summed E-state index contributed by atoms with van der Waals surface area (Å²) in [7, 11) is 3.90. The van der Waals surface area contributed by atoms with Crippen LogP contribution in [0.15, 0.2) is 0 Å². The van der Waals surface area contributed by atoms with Crippen molar-refractivity contribution < 1.29 is 9.47 Å². The molecule has 4 nitrogen and oxygen atoms in total. The van der Waals surface area contributed by atoms with Gasteiger partial charge in [-0.3, -0.25) is 0 Å². The predicted molar refractivity (Wildman–Crippen MR) is 70.4 cm³/mol. The first-order valence-electron chi connectivity index (χ1n) is 6.79. The molecule has 0 aromatic carbocycles. The van der Waals surface area contributed by atoms with Crippen molar-refractivity contribution in [1.29, 1.82) is 0 Å². The molecule has 0 radical (unpaired) electrons. The number of nitrogens with one attached hydrogen (secondary N) is 1. The number of likely N-dealkylation sites (N-methyl/N-ethyl adjacent to an activating group) is 1. The van der Waals surface area contributed by atoms with E-state index in [1.807, 2.05) is 0 Å². The van der Waals surface area contributed by atoms with E-state index in [2.05, 4.69) is 17.3 Å². The number of hydrogen-bond acceptors (Lipinski definition) is 4. The molecule has 1 saturated carbocycles. The first-order valence-corrected chi connectivity index (χ1v) is 6.79. The molecule has 1 rings (SSSR count).